The van der Waals surface area contributed by atoms with Crippen LogP contribution >= 0.6 is 43.2 Å². The maximum absolute atomic E-state index is 11.0. The number of ether oxygens (including phenoxy) is 1. The zero-order valence-electron chi connectivity index (χ0n) is 8.13. The fourth-order valence-electron chi connectivity index (χ4n) is 0.980. The lowest BCUT2D eigenvalue weighted by Crippen LogP contribution is -2.29. The summed E-state index contributed by atoms with van der Waals surface area (Å²) in [5.41, 5.74) is 0. The summed E-state index contributed by atoms with van der Waals surface area (Å²) in [4.78, 5) is 12.0. The maximum atomic E-state index is 11.0. The normalized spacial score (nSPS) is 12.5. The van der Waals surface area contributed by atoms with E-state index in [4.69, 9.17) is 0 Å². The summed E-state index contributed by atoms with van der Waals surface area (Å²) in [6, 6.07) is 4.05. The number of thiophene rings is 1. The van der Waals surface area contributed by atoms with Crippen molar-refractivity contribution in [2.75, 3.05) is 13.7 Å². The van der Waals surface area contributed by atoms with Crippen LogP contribution in [0.4, 0.5) is 0 Å². The molecule has 0 aromatic carbocycles. The molecule has 0 saturated carbocycles. The van der Waals surface area contributed by atoms with Gasteiger partial charge in [-0.15, -0.1) is 11.3 Å². The molecule has 0 radical (unpaired) electrons. The monoisotopic (exact) mass is 355 g/mol. The SMILES string of the molecule is COC(=O)C(Br)CNCc1ccc(Br)s1. The van der Waals surface area contributed by atoms with Crippen LogP contribution in [0.1, 0.15) is 4.88 Å². The van der Waals surface area contributed by atoms with Crippen LogP contribution in [0.25, 0.3) is 0 Å². The Morgan fingerprint density at radius 3 is 2.93 bits per heavy atom. The minimum absolute atomic E-state index is 0.255. The number of carbonyl (C=O) groups is 1. The van der Waals surface area contributed by atoms with Crippen molar-refractivity contribution in [2.24, 2.45) is 0 Å². The minimum atomic E-state index is -0.286. The molecule has 0 fully saturated rings. The van der Waals surface area contributed by atoms with Gasteiger partial charge in [0.25, 0.3) is 0 Å². The van der Waals surface area contributed by atoms with Gasteiger partial charge in [0.2, 0.25) is 0 Å². The lowest BCUT2D eigenvalue weighted by atomic mass is 10.4. The van der Waals surface area contributed by atoms with Gasteiger partial charge in [-0.05, 0) is 28.1 Å². The number of hydrogen-bond acceptors (Lipinski definition) is 4. The molecule has 6 heteroatoms. The molecule has 0 amide bonds. The number of carbonyl (C=O) groups excluding carboxylic acids is 1. The second kappa shape index (κ2) is 6.62. The van der Waals surface area contributed by atoms with Gasteiger partial charge < -0.3 is 10.1 Å². The van der Waals surface area contributed by atoms with Gasteiger partial charge in [0.15, 0.2) is 0 Å². The van der Waals surface area contributed by atoms with Gasteiger partial charge in [-0.3, -0.25) is 4.79 Å². The Hall–Kier alpha value is 0.0900. The molecular formula is C9H11Br2NO2S. The van der Waals surface area contributed by atoms with Gasteiger partial charge >= 0.3 is 5.97 Å². The van der Waals surface area contributed by atoms with E-state index in [-0.39, 0.29) is 10.8 Å². The van der Waals surface area contributed by atoms with E-state index in [1.54, 1.807) is 11.3 Å². The summed E-state index contributed by atoms with van der Waals surface area (Å²) in [7, 11) is 1.38. The van der Waals surface area contributed by atoms with Gasteiger partial charge in [0.1, 0.15) is 4.83 Å². The molecule has 1 aromatic heterocycles. The van der Waals surface area contributed by atoms with Gasteiger partial charge in [-0.1, -0.05) is 15.9 Å². The van der Waals surface area contributed by atoms with Crippen LogP contribution in [0.3, 0.4) is 0 Å². The van der Waals surface area contributed by atoms with Crippen LogP contribution in [0.5, 0.6) is 0 Å². The first-order valence-corrected chi connectivity index (χ1v) is 6.83. The fraction of sp³-hybridized carbons (Fsp3) is 0.444. The molecule has 0 aliphatic carbocycles. The molecule has 1 N–H and O–H groups in total. The molecule has 0 bridgehead atoms. The molecule has 1 heterocycles. The largest absolute Gasteiger partial charge is 0.468 e. The van der Waals surface area contributed by atoms with E-state index in [1.807, 2.05) is 12.1 Å². The van der Waals surface area contributed by atoms with Crippen molar-refractivity contribution < 1.29 is 9.53 Å². The number of methoxy groups -OCH3 is 1. The number of nitrogens with one attached hydrogen (secondary N) is 1. The fourth-order valence-corrected chi connectivity index (χ4v) is 2.85. The topological polar surface area (TPSA) is 38.3 Å². The molecule has 0 saturated heterocycles. The molecule has 1 rings (SSSR count). The van der Waals surface area contributed by atoms with E-state index in [2.05, 4.69) is 41.9 Å². The summed E-state index contributed by atoms with van der Waals surface area (Å²) in [5, 5.41) is 3.17. The number of hydrogen-bond donors (Lipinski definition) is 1. The van der Waals surface area contributed by atoms with Crippen molar-refractivity contribution >= 4 is 49.2 Å². The van der Waals surface area contributed by atoms with Gasteiger partial charge in [0.05, 0.1) is 10.9 Å². The Morgan fingerprint density at radius 1 is 1.67 bits per heavy atom. The van der Waals surface area contributed by atoms with Crippen LogP contribution in [0.2, 0.25) is 0 Å². The van der Waals surface area contributed by atoms with E-state index in [0.717, 1.165) is 10.3 Å². The van der Waals surface area contributed by atoms with E-state index in [9.17, 15) is 4.79 Å². The van der Waals surface area contributed by atoms with Crippen LogP contribution in [-0.4, -0.2) is 24.5 Å². The summed E-state index contributed by atoms with van der Waals surface area (Å²) in [5.74, 6) is -0.255. The average molecular weight is 357 g/mol. The summed E-state index contributed by atoms with van der Waals surface area (Å²) in [6.07, 6.45) is 0. The second-order valence-corrected chi connectivity index (χ2v) is 6.48. The van der Waals surface area contributed by atoms with Crippen LogP contribution < -0.4 is 5.32 Å². The standard InChI is InChI=1S/C9H11Br2NO2S/c1-14-9(13)7(10)5-12-4-6-2-3-8(11)15-6/h2-3,7,12H,4-5H2,1H3. The Kier molecular flexibility index (Phi) is 5.81. The van der Waals surface area contributed by atoms with E-state index in [1.165, 1.54) is 12.0 Å². The predicted molar refractivity (Wildman–Crippen MR) is 68.5 cm³/mol. The van der Waals surface area contributed by atoms with Crippen molar-refractivity contribution in [1.29, 1.82) is 0 Å². The van der Waals surface area contributed by atoms with Gasteiger partial charge in [-0.2, -0.15) is 0 Å². The van der Waals surface area contributed by atoms with Gasteiger partial charge in [0, 0.05) is 18.0 Å². The molecule has 15 heavy (non-hydrogen) atoms. The van der Waals surface area contributed by atoms with Crippen LogP contribution in [0, 0.1) is 0 Å². The molecule has 84 valence electrons. The molecule has 0 aliphatic heterocycles. The highest BCUT2D eigenvalue weighted by atomic mass is 79.9. The number of esters is 1. The zero-order chi connectivity index (χ0) is 11.3. The third kappa shape index (κ3) is 4.63. The second-order valence-electron chi connectivity index (χ2n) is 2.83. The summed E-state index contributed by atoms with van der Waals surface area (Å²) < 4.78 is 5.70. The lowest BCUT2D eigenvalue weighted by molar-refractivity contribution is -0.139. The van der Waals surface area contributed by atoms with Crippen LogP contribution in [-0.2, 0) is 16.1 Å². The lowest BCUT2D eigenvalue weighted by Gasteiger charge is -2.07. The van der Waals surface area contributed by atoms with Gasteiger partial charge in [-0.25, -0.2) is 0 Å². The van der Waals surface area contributed by atoms with E-state index < -0.39 is 0 Å². The zero-order valence-corrected chi connectivity index (χ0v) is 12.1. The number of alkyl halides is 1. The van der Waals surface area contributed by atoms with Crippen molar-refractivity contribution in [3.8, 4) is 0 Å². The quantitative estimate of drug-likeness (QED) is 0.650. The van der Waals surface area contributed by atoms with Crippen molar-refractivity contribution in [3.63, 3.8) is 0 Å². The maximum Gasteiger partial charge on any atom is 0.320 e. The molecule has 1 aromatic rings. The molecule has 1 unspecified atom stereocenters. The summed E-state index contributed by atoms with van der Waals surface area (Å²) >= 11 is 8.31. The highest BCUT2D eigenvalue weighted by molar-refractivity contribution is 9.11. The first-order valence-electron chi connectivity index (χ1n) is 4.30. The van der Waals surface area contributed by atoms with E-state index >= 15 is 0 Å². The smallest absolute Gasteiger partial charge is 0.320 e. The average Bonchev–Trinajstić information content (AvgIpc) is 2.63. The van der Waals surface area contributed by atoms with Crippen molar-refractivity contribution in [2.45, 2.75) is 11.4 Å². The summed E-state index contributed by atoms with van der Waals surface area (Å²) in [6.45, 7) is 1.32. The number of rotatable bonds is 5. The molecule has 1 atom stereocenters. The molecule has 3 nitrogen and oxygen atoms in total. The molecule has 0 spiro atoms. The molecular weight excluding hydrogens is 346 g/mol. The minimum Gasteiger partial charge on any atom is -0.468 e. The highest BCUT2D eigenvalue weighted by Crippen LogP contribution is 2.21. The number of halogens is 2. The predicted octanol–water partition coefficient (Wildman–Crippen LogP) is 2.54. The molecule has 0 aliphatic rings. The van der Waals surface area contributed by atoms with Crippen molar-refractivity contribution in [3.05, 3.63) is 20.8 Å². The Balaban J connectivity index is 2.24. The van der Waals surface area contributed by atoms with Crippen molar-refractivity contribution in [1.82, 2.24) is 5.32 Å². The highest BCUT2D eigenvalue weighted by Gasteiger charge is 2.14. The third-order valence-corrected chi connectivity index (χ3v) is 4.03. The third-order valence-electron chi connectivity index (χ3n) is 1.71. The Bertz CT molecular complexity index is 330. The Labute approximate surface area is 109 Å². The first kappa shape index (κ1) is 13.2. The Morgan fingerprint density at radius 2 is 2.40 bits per heavy atom. The van der Waals surface area contributed by atoms with E-state index in [0.29, 0.717) is 6.54 Å². The first-order chi connectivity index (χ1) is 7.13. The van der Waals surface area contributed by atoms with Crippen LogP contribution in [0.15, 0.2) is 15.9 Å².